The number of aromatic nitrogens is 1. The van der Waals surface area contributed by atoms with Crippen molar-refractivity contribution in [3.8, 4) is 11.5 Å². The maximum absolute atomic E-state index is 13.6. The average Bonchev–Trinajstić information content (AvgIpc) is 3.36. The topological polar surface area (TPSA) is 63.7 Å². The summed E-state index contributed by atoms with van der Waals surface area (Å²) in [5.74, 6) is 1.35. The molecule has 0 atom stereocenters. The van der Waals surface area contributed by atoms with Gasteiger partial charge in [0.1, 0.15) is 11.5 Å². The van der Waals surface area contributed by atoms with E-state index >= 15 is 0 Å². The number of allylic oxidation sites excluding steroid dienone is 2. The van der Waals surface area contributed by atoms with Crippen molar-refractivity contribution in [1.82, 2.24) is 4.98 Å². The highest BCUT2D eigenvalue weighted by atomic mass is 16.5. The predicted octanol–water partition coefficient (Wildman–Crippen LogP) is 5.28. The third kappa shape index (κ3) is 4.25. The monoisotopic (exact) mass is 492 g/mol. The van der Waals surface area contributed by atoms with Gasteiger partial charge in [-0.2, -0.15) is 0 Å². The van der Waals surface area contributed by atoms with Crippen molar-refractivity contribution < 1.29 is 14.3 Å². The van der Waals surface area contributed by atoms with E-state index < -0.39 is 0 Å². The van der Waals surface area contributed by atoms with Crippen molar-refractivity contribution in [3.05, 3.63) is 97.3 Å². The molecular weight excluding hydrogens is 460 g/mol. The number of H-pyrrole nitrogens is 1. The molecule has 0 radical (unpaired) electrons. The van der Waals surface area contributed by atoms with Crippen LogP contribution in [0.15, 0.2) is 58.2 Å². The summed E-state index contributed by atoms with van der Waals surface area (Å²) in [7, 11) is 3.29. The molecule has 0 fully saturated rings. The smallest absolute Gasteiger partial charge is 0.193 e. The fourth-order valence-electron chi connectivity index (χ4n) is 5.32. The molecule has 0 spiro atoms. The number of hydrogen-bond acceptors (Lipinski definition) is 4. The number of aromatic amines is 1. The standard InChI is InChI=1S/C32H32N2O3/c1-7-24-18(3)26-15-22-13-20(9-11-30(22)36-5)32(35)21-10-12-31(37-6)23(14-21)16-27-19(4)25(8-2)29(34-27)17-28(24)33-26/h9-17,33H,7-8H2,1-6H3. The molecule has 2 aromatic carbocycles. The van der Waals surface area contributed by atoms with Crippen molar-refractivity contribution in [3.63, 3.8) is 0 Å². The lowest BCUT2D eigenvalue weighted by atomic mass is 9.97. The van der Waals surface area contributed by atoms with E-state index in [1.165, 1.54) is 16.7 Å². The van der Waals surface area contributed by atoms with Gasteiger partial charge in [0.15, 0.2) is 5.78 Å². The zero-order chi connectivity index (χ0) is 26.3. The molecule has 1 aromatic heterocycles. The second-order valence-corrected chi connectivity index (χ2v) is 9.42. The molecule has 0 unspecified atom stereocenters. The van der Waals surface area contributed by atoms with Crippen LogP contribution in [0.5, 0.6) is 11.5 Å². The number of nitrogens with zero attached hydrogens (tertiary/aromatic N) is 1. The first kappa shape index (κ1) is 24.6. The van der Waals surface area contributed by atoms with Crippen LogP contribution in [-0.4, -0.2) is 30.7 Å². The highest BCUT2D eigenvalue weighted by Crippen LogP contribution is 2.32. The Kier molecular flexibility index (Phi) is 6.46. The second kappa shape index (κ2) is 9.74. The van der Waals surface area contributed by atoms with E-state index in [0.717, 1.165) is 51.6 Å². The first-order valence-electron chi connectivity index (χ1n) is 12.7. The van der Waals surface area contributed by atoms with Gasteiger partial charge in [0.2, 0.25) is 0 Å². The summed E-state index contributed by atoms with van der Waals surface area (Å²) in [4.78, 5) is 22.3. The van der Waals surface area contributed by atoms with Gasteiger partial charge in [-0.25, -0.2) is 4.99 Å². The van der Waals surface area contributed by atoms with Gasteiger partial charge in [0, 0.05) is 33.0 Å². The van der Waals surface area contributed by atoms with Gasteiger partial charge in [0.25, 0.3) is 0 Å². The predicted molar refractivity (Wildman–Crippen MR) is 150 cm³/mol. The van der Waals surface area contributed by atoms with Crippen molar-refractivity contribution in [2.45, 2.75) is 40.5 Å². The molecule has 5 rings (SSSR count). The number of benzene rings is 2. The number of nitrogens with one attached hydrogen (secondary N) is 1. The number of ketones is 1. The van der Waals surface area contributed by atoms with Crippen molar-refractivity contribution in [1.29, 1.82) is 0 Å². The molecule has 0 saturated heterocycles. The number of rotatable bonds is 4. The van der Waals surface area contributed by atoms with E-state index in [1.807, 2.05) is 42.5 Å². The molecule has 8 bridgehead atoms. The summed E-state index contributed by atoms with van der Waals surface area (Å²) in [5.41, 5.74) is 9.50. The summed E-state index contributed by atoms with van der Waals surface area (Å²) in [6.45, 7) is 8.58. The Hall–Kier alpha value is -4.12. The molecule has 0 aliphatic carbocycles. The van der Waals surface area contributed by atoms with Gasteiger partial charge in [-0.15, -0.1) is 0 Å². The highest BCUT2D eigenvalue weighted by Gasteiger charge is 2.20. The lowest BCUT2D eigenvalue weighted by Gasteiger charge is -2.10. The third-order valence-electron chi connectivity index (χ3n) is 7.40. The Labute approximate surface area is 217 Å². The van der Waals surface area contributed by atoms with Gasteiger partial charge in [-0.1, -0.05) is 13.8 Å². The number of hydrogen-bond donors (Lipinski definition) is 1. The molecule has 1 N–H and O–H groups in total. The minimum atomic E-state index is -0.0599. The quantitative estimate of drug-likeness (QED) is 0.539. The molecule has 0 saturated carbocycles. The SMILES string of the molecule is CCC1=C(C)C2=Cc3cc(ccc3OC)C(=O)c3ccc(OC)c(c3)C=c3[nH]c(c(CC)c3C)=CC1=N2. The summed E-state index contributed by atoms with van der Waals surface area (Å²) in [6.07, 6.45) is 8.02. The Bertz CT molecular complexity index is 1650. The lowest BCUT2D eigenvalue weighted by Crippen LogP contribution is -2.15. The first-order valence-corrected chi connectivity index (χ1v) is 12.7. The minimum Gasteiger partial charge on any atom is -0.496 e. The van der Waals surface area contributed by atoms with Gasteiger partial charge >= 0.3 is 0 Å². The molecule has 5 heteroatoms. The van der Waals surface area contributed by atoms with E-state index in [4.69, 9.17) is 14.5 Å². The summed E-state index contributed by atoms with van der Waals surface area (Å²) in [6, 6.07) is 11.1. The van der Waals surface area contributed by atoms with Crippen LogP contribution in [0.1, 0.15) is 65.4 Å². The minimum absolute atomic E-state index is 0.0599. The maximum Gasteiger partial charge on any atom is 0.193 e. The fourth-order valence-corrected chi connectivity index (χ4v) is 5.32. The van der Waals surface area contributed by atoms with Crippen molar-refractivity contribution >= 4 is 29.7 Å². The van der Waals surface area contributed by atoms with E-state index in [9.17, 15) is 4.79 Å². The van der Waals surface area contributed by atoms with Crippen LogP contribution in [0, 0.1) is 6.92 Å². The van der Waals surface area contributed by atoms with Gasteiger partial charge < -0.3 is 14.5 Å². The van der Waals surface area contributed by atoms with Crippen molar-refractivity contribution in [2.24, 2.45) is 4.99 Å². The molecule has 2 aliphatic heterocycles. The number of carbonyl (C=O) groups is 1. The molecule has 188 valence electrons. The molecule has 3 heterocycles. The third-order valence-corrected chi connectivity index (χ3v) is 7.40. The Morgan fingerprint density at radius 1 is 0.811 bits per heavy atom. The lowest BCUT2D eigenvalue weighted by molar-refractivity contribution is 0.103. The zero-order valence-corrected chi connectivity index (χ0v) is 22.3. The van der Waals surface area contributed by atoms with Crippen LogP contribution in [0.25, 0.3) is 18.2 Å². The summed E-state index contributed by atoms with van der Waals surface area (Å²) < 4.78 is 11.3. The van der Waals surface area contributed by atoms with E-state index in [-0.39, 0.29) is 5.78 Å². The number of ether oxygens (including phenoxy) is 2. The fraction of sp³-hybridized carbons (Fsp3) is 0.250. The normalized spacial score (nSPS) is 14.6. The molecular formula is C32H32N2O3. The summed E-state index contributed by atoms with van der Waals surface area (Å²) in [5, 5.41) is 2.06. The van der Waals surface area contributed by atoms with Crippen LogP contribution < -0.4 is 20.2 Å². The zero-order valence-electron chi connectivity index (χ0n) is 22.3. The Balaban J connectivity index is 1.89. The average molecular weight is 493 g/mol. The molecule has 2 aliphatic rings. The number of methoxy groups -OCH3 is 2. The van der Waals surface area contributed by atoms with E-state index in [1.54, 1.807) is 14.2 Å². The van der Waals surface area contributed by atoms with Gasteiger partial charge in [-0.3, -0.25) is 4.79 Å². The first-order chi connectivity index (χ1) is 17.9. The number of aliphatic imine (C=N–C) groups is 1. The van der Waals surface area contributed by atoms with Crippen LogP contribution >= 0.6 is 0 Å². The second-order valence-electron chi connectivity index (χ2n) is 9.42. The molecule has 0 amide bonds. The number of fused-ring (bicyclic) bond motifs is 7. The highest BCUT2D eigenvalue weighted by molar-refractivity contribution is 6.23. The number of carbonyl (C=O) groups excluding carboxylic acids is 1. The van der Waals surface area contributed by atoms with Crippen molar-refractivity contribution in [2.75, 3.05) is 14.2 Å². The van der Waals surface area contributed by atoms with Crippen LogP contribution in [0.2, 0.25) is 0 Å². The molecule has 3 aromatic rings. The van der Waals surface area contributed by atoms with Gasteiger partial charge in [0.05, 0.1) is 25.6 Å². The van der Waals surface area contributed by atoms with E-state index in [2.05, 4.69) is 44.8 Å². The maximum atomic E-state index is 13.6. The Morgan fingerprint density at radius 3 is 2.00 bits per heavy atom. The van der Waals surface area contributed by atoms with Crippen LogP contribution in [-0.2, 0) is 6.42 Å². The van der Waals surface area contributed by atoms with Gasteiger partial charge in [-0.05, 0) is 104 Å². The molecule has 37 heavy (non-hydrogen) atoms. The summed E-state index contributed by atoms with van der Waals surface area (Å²) >= 11 is 0. The molecule has 5 nitrogen and oxygen atoms in total. The Morgan fingerprint density at radius 2 is 1.43 bits per heavy atom. The van der Waals surface area contributed by atoms with Crippen LogP contribution in [0.4, 0.5) is 0 Å². The largest absolute Gasteiger partial charge is 0.496 e. The van der Waals surface area contributed by atoms with E-state index in [0.29, 0.717) is 22.6 Å². The van der Waals surface area contributed by atoms with Crippen LogP contribution in [0.3, 0.4) is 0 Å².